The fourth-order valence-corrected chi connectivity index (χ4v) is 7.57. The molecule has 8 rings (SSSR count). The van der Waals surface area contributed by atoms with E-state index in [2.05, 4.69) is 119 Å². The van der Waals surface area contributed by atoms with E-state index in [1.54, 1.807) is 0 Å². The summed E-state index contributed by atoms with van der Waals surface area (Å²) in [5, 5.41) is 0. The van der Waals surface area contributed by atoms with E-state index in [1.807, 2.05) is 60.7 Å². The first-order valence-corrected chi connectivity index (χ1v) is 18.3. The summed E-state index contributed by atoms with van der Waals surface area (Å²) < 4.78 is 11.4. The SMILES string of the molecule is CC(=O)OC1CC=Cc2c1cccc2N(c1ccccc1)c1ccc(-c2ccc(N(c3ccccc3)c3cccc4c3C=CCC4OC(C)=O)cc2)cc1. The zero-order valence-corrected chi connectivity index (χ0v) is 30.3. The highest BCUT2D eigenvalue weighted by Crippen LogP contribution is 2.45. The largest absolute Gasteiger partial charge is 0.457 e. The van der Waals surface area contributed by atoms with Gasteiger partial charge in [-0.05, 0) is 71.8 Å². The quantitative estimate of drug-likeness (QED) is 0.139. The van der Waals surface area contributed by atoms with Crippen LogP contribution in [0.25, 0.3) is 23.3 Å². The van der Waals surface area contributed by atoms with Gasteiger partial charge in [0.15, 0.2) is 0 Å². The summed E-state index contributed by atoms with van der Waals surface area (Å²) in [5.41, 5.74) is 12.4. The first kappa shape index (κ1) is 34.4. The van der Waals surface area contributed by atoms with E-state index in [9.17, 15) is 9.59 Å². The molecular formula is C48H40N2O4. The molecule has 0 spiro atoms. The number of para-hydroxylation sites is 2. The van der Waals surface area contributed by atoms with Crippen LogP contribution in [0.5, 0.6) is 0 Å². The second kappa shape index (κ2) is 15.1. The van der Waals surface area contributed by atoms with Crippen LogP contribution in [0.2, 0.25) is 0 Å². The molecule has 2 unspecified atom stereocenters. The highest BCUT2D eigenvalue weighted by molar-refractivity contribution is 5.87. The van der Waals surface area contributed by atoms with Gasteiger partial charge in [0.05, 0.1) is 11.4 Å². The molecule has 54 heavy (non-hydrogen) atoms. The molecule has 0 heterocycles. The Morgan fingerprint density at radius 2 is 0.833 bits per heavy atom. The van der Waals surface area contributed by atoms with Crippen LogP contribution in [-0.2, 0) is 19.1 Å². The minimum atomic E-state index is -0.315. The zero-order valence-electron chi connectivity index (χ0n) is 30.3. The third-order valence-corrected chi connectivity index (χ3v) is 9.91. The van der Waals surface area contributed by atoms with Crippen LogP contribution in [0.3, 0.4) is 0 Å². The molecule has 0 fully saturated rings. The van der Waals surface area contributed by atoms with Crippen molar-refractivity contribution in [2.45, 2.75) is 38.9 Å². The number of carbonyl (C=O) groups excluding carboxylic acids is 2. The zero-order chi connectivity index (χ0) is 37.0. The monoisotopic (exact) mass is 708 g/mol. The maximum absolute atomic E-state index is 11.9. The Morgan fingerprint density at radius 3 is 1.20 bits per heavy atom. The van der Waals surface area contributed by atoms with Crippen molar-refractivity contribution in [1.82, 2.24) is 0 Å². The van der Waals surface area contributed by atoms with Crippen molar-refractivity contribution in [1.29, 1.82) is 0 Å². The van der Waals surface area contributed by atoms with Gasteiger partial charge in [-0.15, -0.1) is 0 Å². The van der Waals surface area contributed by atoms with Crippen molar-refractivity contribution >= 4 is 58.2 Å². The average molecular weight is 709 g/mol. The topological polar surface area (TPSA) is 59.1 Å². The van der Waals surface area contributed by atoms with E-state index in [-0.39, 0.29) is 24.1 Å². The smallest absolute Gasteiger partial charge is 0.303 e. The second-order valence-corrected chi connectivity index (χ2v) is 13.5. The summed E-state index contributed by atoms with van der Waals surface area (Å²) in [6.07, 6.45) is 9.10. The minimum absolute atomic E-state index is 0.284. The highest BCUT2D eigenvalue weighted by atomic mass is 16.5. The molecule has 0 saturated carbocycles. The molecule has 0 radical (unpaired) electrons. The van der Waals surface area contributed by atoms with Gasteiger partial charge in [-0.1, -0.05) is 109 Å². The Morgan fingerprint density at radius 1 is 0.463 bits per heavy atom. The predicted octanol–water partition coefficient (Wildman–Crippen LogP) is 12.3. The van der Waals surface area contributed by atoms with E-state index in [0.717, 1.165) is 67.5 Å². The van der Waals surface area contributed by atoms with Gasteiger partial charge in [-0.3, -0.25) is 9.59 Å². The summed E-state index contributed by atoms with van der Waals surface area (Å²) in [4.78, 5) is 28.4. The number of esters is 2. The Balaban J connectivity index is 1.13. The van der Waals surface area contributed by atoms with Crippen molar-refractivity contribution in [3.8, 4) is 11.1 Å². The van der Waals surface area contributed by atoms with Crippen LogP contribution in [0.1, 0.15) is 61.2 Å². The molecule has 0 amide bonds. The molecule has 266 valence electrons. The van der Waals surface area contributed by atoms with Crippen molar-refractivity contribution in [2.75, 3.05) is 9.80 Å². The molecule has 2 aliphatic rings. The molecule has 0 aromatic heterocycles. The number of benzene rings is 6. The lowest BCUT2D eigenvalue weighted by molar-refractivity contribution is -0.147. The normalized spacial score (nSPS) is 15.4. The summed E-state index contributed by atoms with van der Waals surface area (Å²) in [6, 6.07) is 50.3. The van der Waals surface area contributed by atoms with Gasteiger partial charge < -0.3 is 19.3 Å². The first-order valence-electron chi connectivity index (χ1n) is 18.3. The van der Waals surface area contributed by atoms with Gasteiger partial charge in [0.25, 0.3) is 0 Å². The summed E-state index contributed by atoms with van der Waals surface area (Å²) in [7, 11) is 0. The van der Waals surface area contributed by atoms with E-state index in [4.69, 9.17) is 9.47 Å². The molecule has 6 aromatic rings. The van der Waals surface area contributed by atoms with Crippen molar-refractivity contribution in [3.05, 3.63) is 180 Å². The van der Waals surface area contributed by atoms with Crippen LogP contribution in [0, 0.1) is 0 Å². The van der Waals surface area contributed by atoms with Crippen molar-refractivity contribution in [3.63, 3.8) is 0 Å². The number of anilines is 6. The van der Waals surface area contributed by atoms with Crippen LogP contribution in [0.4, 0.5) is 34.1 Å². The van der Waals surface area contributed by atoms with Gasteiger partial charge in [0.1, 0.15) is 12.2 Å². The van der Waals surface area contributed by atoms with Crippen molar-refractivity contribution < 1.29 is 19.1 Å². The summed E-state index contributed by atoms with van der Waals surface area (Å²) in [6.45, 7) is 2.92. The van der Waals surface area contributed by atoms with Crippen LogP contribution in [-0.4, -0.2) is 11.9 Å². The fraction of sp³-hybridized carbons (Fsp3) is 0.125. The summed E-state index contributed by atoms with van der Waals surface area (Å²) in [5.74, 6) is -0.568. The number of hydrogen-bond donors (Lipinski definition) is 0. The number of fused-ring (bicyclic) bond motifs is 2. The summed E-state index contributed by atoms with van der Waals surface area (Å²) >= 11 is 0. The molecule has 6 heteroatoms. The minimum Gasteiger partial charge on any atom is -0.457 e. The van der Waals surface area contributed by atoms with Crippen LogP contribution >= 0.6 is 0 Å². The predicted molar refractivity (Wildman–Crippen MR) is 218 cm³/mol. The lowest BCUT2D eigenvalue weighted by atomic mass is 9.92. The average Bonchev–Trinajstić information content (AvgIpc) is 3.20. The third-order valence-electron chi connectivity index (χ3n) is 9.91. The Kier molecular flexibility index (Phi) is 9.65. The maximum atomic E-state index is 11.9. The second-order valence-electron chi connectivity index (χ2n) is 13.5. The third kappa shape index (κ3) is 6.94. The molecule has 2 aliphatic carbocycles. The molecule has 0 N–H and O–H groups in total. The van der Waals surface area contributed by atoms with Gasteiger partial charge in [-0.2, -0.15) is 0 Å². The molecule has 0 aliphatic heterocycles. The number of carbonyl (C=O) groups is 2. The molecule has 0 saturated heterocycles. The van der Waals surface area contributed by atoms with Crippen LogP contribution in [0.15, 0.2) is 158 Å². The number of nitrogens with zero attached hydrogens (tertiary/aromatic N) is 2. The maximum Gasteiger partial charge on any atom is 0.303 e. The molecule has 6 nitrogen and oxygen atoms in total. The molecule has 2 atom stereocenters. The Bertz CT molecular complexity index is 2180. The van der Waals surface area contributed by atoms with E-state index < -0.39 is 0 Å². The Hall–Kier alpha value is -6.66. The molecule has 0 bridgehead atoms. The Labute approximate surface area is 316 Å². The van der Waals surface area contributed by atoms with Gasteiger partial charge in [0.2, 0.25) is 0 Å². The van der Waals surface area contributed by atoms with Crippen molar-refractivity contribution in [2.24, 2.45) is 0 Å². The first-order chi connectivity index (χ1) is 26.4. The van der Waals surface area contributed by atoms with E-state index in [0.29, 0.717) is 12.8 Å². The lowest BCUT2D eigenvalue weighted by Crippen LogP contribution is -2.16. The van der Waals surface area contributed by atoms with E-state index >= 15 is 0 Å². The number of hydrogen-bond acceptors (Lipinski definition) is 6. The van der Waals surface area contributed by atoms with Gasteiger partial charge in [0, 0.05) is 71.7 Å². The van der Waals surface area contributed by atoms with E-state index in [1.165, 1.54) is 13.8 Å². The van der Waals surface area contributed by atoms with Gasteiger partial charge in [-0.25, -0.2) is 0 Å². The fourth-order valence-electron chi connectivity index (χ4n) is 7.57. The van der Waals surface area contributed by atoms with Crippen LogP contribution < -0.4 is 9.80 Å². The molecule has 6 aromatic carbocycles. The lowest BCUT2D eigenvalue weighted by Gasteiger charge is -2.31. The molecular weight excluding hydrogens is 669 g/mol. The van der Waals surface area contributed by atoms with Gasteiger partial charge >= 0.3 is 11.9 Å². The number of ether oxygens (including phenoxy) is 2. The standard InChI is InChI=1S/C48H40N2O4/c1-33(51)53-47-23-11-17-41-43(47)19-9-21-45(41)49(37-13-5-3-6-14-37)39-29-25-35(26-30-39)36-27-31-40(32-28-36)50(38-15-7-4-8-16-38)46-22-10-20-44-42(46)18-12-24-48(44)54-34(2)52/h3-22,25-32,47-48H,23-24H2,1-2H3. The number of rotatable bonds is 9. The highest BCUT2D eigenvalue weighted by Gasteiger charge is 2.26.